The number of hydrogen-bond donors (Lipinski definition) is 0. The number of amides is 1. The summed E-state index contributed by atoms with van der Waals surface area (Å²) < 4.78 is 12.8. The Morgan fingerprint density at radius 2 is 1.80 bits per heavy atom. The number of nitrogens with zero attached hydrogens (tertiary/aromatic N) is 2. The smallest absolute Gasteiger partial charge is 0.297 e. The second-order valence-corrected chi connectivity index (χ2v) is 9.96. The topological polar surface area (TPSA) is 72.6 Å². The number of carbonyl (C=O) groups is 1. The van der Waals surface area contributed by atoms with E-state index in [1.807, 2.05) is 57.2 Å². The predicted molar refractivity (Wildman–Crippen MR) is 138 cm³/mol. The molecule has 6 rings (SSSR count). The highest BCUT2D eigenvalue weighted by Gasteiger charge is 2.45. The summed E-state index contributed by atoms with van der Waals surface area (Å²) >= 11 is 1.43. The second kappa shape index (κ2) is 8.06. The number of thiazole rings is 1. The van der Waals surface area contributed by atoms with E-state index in [2.05, 4.69) is 6.07 Å². The zero-order valence-electron chi connectivity index (χ0n) is 19.4. The van der Waals surface area contributed by atoms with E-state index in [1.165, 1.54) is 11.3 Å². The molecule has 1 atom stereocenters. The first kappa shape index (κ1) is 21.6. The molecule has 7 heteroatoms. The minimum atomic E-state index is -0.659. The Morgan fingerprint density at radius 3 is 2.57 bits per heavy atom. The molecule has 3 heterocycles. The molecule has 0 saturated carbocycles. The third kappa shape index (κ3) is 3.51. The van der Waals surface area contributed by atoms with E-state index in [9.17, 15) is 9.59 Å². The Labute approximate surface area is 205 Å². The lowest BCUT2D eigenvalue weighted by Crippen LogP contribution is -2.29. The van der Waals surface area contributed by atoms with Crippen molar-refractivity contribution >= 4 is 43.6 Å². The molecule has 3 aromatic carbocycles. The van der Waals surface area contributed by atoms with Crippen LogP contribution in [0.3, 0.4) is 0 Å². The molecular formula is C28H22N2O4S. The van der Waals surface area contributed by atoms with E-state index in [1.54, 1.807) is 29.2 Å². The van der Waals surface area contributed by atoms with Crippen molar-refractivity contribution in [2.45, 2.75) is 32.9 Å². The first-order chi connectivity index (χ1) is 16.9. The van der Waals surface area contributed by atoms with Crippen LogP contribution in [0.25, 0.3) is 21.2 Å². The van der Waals surface area contributed by atoms with Crippen LogP contribution < -0.4 is 15.1 Å². The van der Waals surface area contributed by atoms with E-state index in [-0.39, 0.29) is 23.2 Å². The number of hydrogen-bond acceptors (Lipinski definition) is 6. The minimum absolute atomic E-state index is 0.0377. The molecule has 0 spiro atoms. The summed E-state index contributed by atoms with van der Waals surface area (Å²) in [4.78, 5) is 33.8. The van der Waals surface area contributed by atoms with Gasteiger partial charge in [-0.2, -0.15) is 0 Å². The normalized spacial score (nSPS) is 15.4. The summed E-state index contributed by atoms with van der Waals surface area (Å²) in [7, 11) is 0. The van der Waals surface area contributed by atoms with Crippen LogP contribution in [0.1, 0.15) is 47.1 Å². The maximum atomic E-state index is 13.8. The highest BCUT2D eigenvalue weighted by Crippen LogP contribution is 2.44. The van der Waals surface area contributed by atoms with Crippen LogP contribution in [0, 0.1) is 6.92 Å². The summed E-state index contributed by atoms with van der Waals surface area (Å²) in [5.41, 5.74) is 3.23. The van der Waals surface area contributed by atoms with Gasteiger partial charge in [-0.1, -0.05) is 41.7 Å². The van der Waals surface area contributed by atoms with Crippen LogP contribution in [0.2, 0.25) is 0 Å². The number of anilines is 1. The van der Waals surface area contributed by atoms with E-state index in [0.29, 0.717) is 21.7 Å². The monoisotopic (exact) mass is 482 g/mol. The summed E-state index contributed by atoms with van der Waals surface area (Å²) in [5.74, 6) is 0.420. The average molecular weight is 483 g/mol. The van der Waals surface area contributed by atoms with Crippen molar-refractivity contribution in [3.05, 3.63) is 99.4 Å². The number of rotatable bonds is 4. The van der Waals surface area contributed by atoms with Crippen LogP contribution in [0.15, 0.2) is 75.9 Å². The molecule has 1 unspecified atom stereocenters. The molecule has 1 aliphatic heterocycles. The van der Waals surface area contributed by atoms with Gasteiger partial charge in [-0.25, -0.2) is 4.98 Å². The molecule has 0 aliphatic carbocycles. The number of ether oxygens (including phenoxy) is 1. The first-order valence-electron chi connectivity index (χ1n) is 11.4. The van der Waals surface area contributed by atoms with Crippen LogP contribution >= 0.6 is 11.3 Å². The van der Waals surface area contributed by atoms with Crippen LogP contribution in [0.5, 0.6) is 5.75 Å². The van der Waals surface area contributed by atoms with Crippen molar-refractivity contribution in [1.29, 1.82) is 0 Å². The summed E-state index contributed by atoms with van der Waals surface area (Å²) in [6, 6.07) is 19.9. The highest BCUT2D eigenvalue weighted by atomic mass is 32.1. The van der Waals surface area contributed by atoms with Crippen molar-refractivity contribution in [2.75, 3.05) is 4.90 Å². The Hall–Kier alpha value is -3.97. The fourth-order valence-corrected chi connectivity index (χ4v) is 5.65. The number of aryl methyl sites for hydroxylation is 1. The molecule has 1 amide bonds. The van der Waals surface area contributed by atoms with E-state index >= 15 is 0 Å². The van der Waals surface area contributed by atoms with Crippen molar-refractivity contribution in [2.24, 2.45) is 0 Å². The van der Waals surface area contributed by atoms with Gasteiger partial charge in [0.05, 0.1) is 33.3 Å². The van der Waals surface area contributed by atoms with Crippen LogP contribution in [-0.4, -0.2) is 17.0 Å². The third-order valence-corrected chi connectivity index (χ3v) is 7.10. The largest absolute Gasteiger partial charge is 0.491 e. The SMILES string of the molecule is Cc1ccc2nc(N3C(=O)c4oc5ccccc5c(=O)c4C3c3ccc(OC(C)C)cc3)sc2c1. The Kier molecular flexibility index (Phi) is 4.96. The van der Waals surface area contributed by atoms with Gasteiger partial charge in [0.1, 0.15) is 11.3 Å². The standard InChI is InChI=1S/C28H22N2O4S/c1-15(2)33-18-11-9-17(10-12-18)24-23-25(31)19-6-4-5-7-21(19)34-26(23)27(32)30(24)28-29-20-13-8-16(3)14-22(20)35-28/h4-15,24H,1-3H3. The molecule has 0 N–H and O–H groups in total. The van der Waals surface area contributed by atoms with Gasteiger partial charge >= 0.3 is 0 Å². The van der Waals surface area contributed by atoms with Crippen molar-refractivity contribution in [3.63, 3.8) is 0 Å². The average Bonchev–Trinajstić information content (AvgIpc) is 3.37. The molecule has 0 saturated heterocycles. The minimum Gasteiger partial charge on any atom is -0.491 e. The van der Waals surface area contributed by atoms with Gasteiger partial charge in [0, 0.05) is 0 Å². The van der Waals surface area contributed by atoms with Crippen LogP contribution in [0.4, 0.5) is 5.13 Å². The number of aromatic nitrogens is 1. The molecule has 0 bridgehead atoms. The quantitative estimate of drug-likeness (QED) is 0.303. The molecule has 6 nitrogen and oxygen atoms in total. The summed E-state index contributed by atoms with van der Waals surface area (Å²) in [5, 5.41) is 0.976. The number of benzene rings is 3. The lowest BCUT2D eigenvalue weighted by atomic mass is 9.98. The Balaban J connectivity index is 1.57. The van der Waals surface area contributed by atoms with Gasteiger partial charge in [0.15, 0.2) is 10.6 Å². The lowest BCUT2D eigenvalue weighted by molar-refractivity contribution is 0.0971. The van der Waals surface area contributed by atoms with Gasteiger partial charge in [0.25, 0.3) is 5.91 Å². The Bertz CT molecular complexity index is 1670. The zero-order valence-corrected chi connectivity index (χ0v) is 20.3. The first-order valence-corrected chi connectivity index (χ1v) is 12.3. The molecule has 5 aromatic rings. The van der Waals surface area contributed by atoms with Gasteiger partial charge in [-0.15, -0.1) is 0 Å². The van der Waals surface area contributed by atoms with Crippen molar-refractivity contribution < 1.29 is 13.9 Å². The van der Waals surface area contributed by atoms with Gasteiger partial charge in [-0.3, -0.25) is 14.5 Å². The summed E-state index contributed by atoms with van der Waals surface area (Å²) in [6.07, 6.45) is 0.0377. The lowest BCUT2D eigenvalue weighted by Gasteiger charge is -2.22. The number of carbonyl (C=O) groups excluding carboxylic acids is 1. The Morgan fingerprint density at radius 1 is 1.03 bits per heavy atom. The molecule has 2 aromatic heterocycles. The van der Waals surface area contributed by atoms with Gasteiger partial charge in [0.2, 0.25) is 5.76 Å². The summed E-state index contributed by atoms with van der Waals surface area (Å²) in [6.45, 7) is 5.95. The fourth-order valence-electron chi connectivity index (χ4n) is 4.56. The fraction of sp³-hybridized carbons (Fsp3) is 0.179. The second-order valence-electron chi connectivity index (χ2n) is 8.95. The number of para-hydroxylation sites is 1. The molecule has 174 valence electrons. The van der Waals surface area contributed by atoms with Crippen molar-refractivity contribution in [3.8, 4) is 5.75 Å². The maximum absolute atomic E-state index is 13.8. The number of fused-ring (bicyclic) bond motifs is 3. The van der Waals surface area contributed by atoms with E-state index < -0.39 is 6.04 Å². The highest BCUT2D eigenvalue weighted by molar-refractivity contribution is 7.22. The van der Waals surface area contributed by atoms with Gasteiger partial charge in [-0.05, 0) is 68.3 Å². The van der Waals surface area contributed by atoms with E-state index in [4.69, 9.17) is 14.1 Å². The molecule has 0 radical (unpaired) electrons. The predicted octanol–water partition coefficient (Wildman–Crippen LogP) is 6.25. The molecule has 1 aliphatic rings. The maximum Gasteiger partial charge on any atom is 0.297 e. The van der Waals surface area contributed by atoms with Gasteiger partial charge < -0.3 is 9.15 Å². The molecule has 0 fully saturated rings. The molecule has 35 heavy (non-hydrogen) atoms. The third-order valence-electron chi connectivity index (χ3n) is 6.08. The zero-order chi connectivity index (χ0) is 24.3. The molecular weight excluding hydrogens is 460 g/mol. The van der Waals surface area contributed by atoms with Crippen LogP contribution in [-0.2, 0) is 0 Å². The van der Waals surface area contributed by atoms with Crippen molar-refractivity contribution in [1.82, 2.24) is 4.98 Å². The van der Waals surface area contributed by atoms with E-state index in [0.717, 1.165) is 27.1 Å².